The van der Waals surface area contributed by atoms with Gasteiger partial charge in [0.25, 0.3) is 0 Å². The lowest BCUT2D eigenvalue weighted by Gasteiger charge is -2.05. The van der Waals surface area contributed by atoms with Crippen molar-refractivity contribution < 1.29 is 0 Å². The smallest absolute Gasteiger partial charge is 0.159 e. The molecule has 3 nitrogen and oxygen atoms in total. The number of nitrogen functional groups attached to an aromatic ring is 1. The summed E-state index contributed by atoms with van der Waals surface area (Å²) in [5.74, 6) is 1.22. The molecule has 1 aromatic heterocycles. The Morgan fingerprint density at radius 3 is 2.58 bits per heavy atom. The first-order chi connectivity index (χ1) is 5.79. The Balaban J connectivity index is 2.26. The van der Waals surface area contributed by atoms with Crippen molar-refractivity contribution in [3.63, 3.8) is 0 Å². The van der Waals surface area contributed by atoms with Gasteiger partial charge in [0.1, 0.15) is 0 Å². The summed E-state index contributed by atoms with van der Waals surface area (Å²) in [5.41, 5.74) is 6.80. The van der Waals surface area contributed by atoms with E-state index in [2.05, 4.69) is 26.1 Å². The third-order valence-corrected chi connectivity index (χ3v) is 3.35. The van der Waals surface area contributed by atoms with E-state index in [0.717, 1.165) is 4.47 Å². The molecule has 0 unspecified atom stereocenters. The van der Waals surface area contributed by atoms with E-state index < -0.39 is 0 Å². The summed E-state index contributed by atoms with van der Waals surface area (Å²) in [4.78, 5) is 0. The molecule has 0 saturated heterocycles. The molecule has 1 aromatic rings. The second-order valence-corrected chi connectivity index (χ2v) is 4.11. The van der Waals surface area contributed by atoms with Crippen molar-refractivity contribution in [1.29, 1.82) is 0 Å². The van der Waals surface area contributed by atoms with Crippen LogP contribution < -0.4 is 5.73 Å². The normalized spacial score (nSPS) is 18.8. The lowest BCUT2D eigenvalue weighted by molar-refractivity contribution is 0.690. The van der Waals surface area contributed by atoms with Crippen molar-refractivity contribution in [2.24, 2.45) is 0 Å². The van der Waals surface area contributed by atoms with Gasteiger partial charge >= 0.3 is 0 Å². The molecular weight excluding hydrogens is 218 g/mol. The average Bonchev–Trinajstić information content (AvgIpc) is 2.64. The van der Waals surface area contributed by atoms with Gasteiger partial charge in [-0.25, -0.2) is 0 Å². The van der Waals surface area contributed by atoms with Gasteiger partial charge in [0, 0.05) is 5.92 Å². The standard InChI is InChI=1S/C8H12BrN3/c9-6-7(11-12-8(6)10)5-3-1-2-4-5/h5H,1-4H2,(H3,10,11,12). The third kappa shape index (κ3) is 1.24. The Bertz CT molecular complexity index is 276. The predicted octanol–water partition coefficient (Wildman–Crippen LogP) is 2.41. The Morgan fingerprint density at radius 1 is 1.42 bits per heavy atom. The van der Waals surface area contributed by atoms with E-state index in [1.807, 2.05) is 0 Å². The summed E-state index contributed by atoms with van der Waals surface area (Å²) in [6, 6.07) is 0. The minimum atomic E-state index is 0.580. The predicted molar refractivity (Wildman–Crippen MR) is 51.9 cm³/mol. The summed E-state index contributed by atoms with van der Waals surface area (Å²) in [5, 5.41) is 6.96. The lowest BCUT2D eigenvalue weighted by Crippen LogP contribution is -1.93. The highest BCUT2D eigenvalue weighted by Gasteiger charge is 2.22. The number of nitrogens with zero attached hydrogens (tertiary/aromatic N) is 1. The number of rotatable bonds is 1. The zero-order valence-electron chi connectivity index (χ0n) is 6.81. The van der Waals surface area contributed by atoms with E-state index in [9.17, 15) is 0 Å². The van der Waals surface area contributed by atoms with Crippen LogP contribution in [0.15, 0.2) is 4.47 Å². The van der Waals surface area contributed by atoms with Gasteiger partial charge < -0.3 is 5.73 Å². The number of aromatic nitrogens is 2. The van der Waals surface area contributed by atoms with Crippen LogP contribution in [-0.4, -0.2) is 10.2 Å². The quantitative estimate of drug-likeness (QED) is 0.778. The third-order valence-electron chi connectivity index (χ3n) is 2.52. The van der Waals surface area contributed by atoms with Crippen molar-refractivity contribution in [3.8, 4) is 0 Å². The molecule has 1 fully saturated rings. The second-order valence-electron chi connectivity index (χ2n) is 3.32. The van der Waals surface area contributed by atoms with E-state index in [4.69, 9.17) is 5.73 Å². The molecule has 4 heteroatoms. The highest BCUT2D eigenvalue weighted by molar-refractivity contribution is 9.10. The molecule has 66 valence electrons. The Morgan fingerprint density at radius 2 is 2.08 bits per heavy atom. The van der Waals surface area contributed by atoms with E-state index in [1.165, 1.54) is 31.4 Å². The van der Waals surface area contributed by atoms with Crippen LogP contribution in [0.25, 0.3) is 0 Å². The van der Waals surface area contributed by atoms with Crippen molar-refractivity contribution in [2.75, 3.05) is 5.73 Å². The van der Waals surface area contributed by atoms with Crippen molar-refractivity contribution in [3.05, 3.63) is 10.2 Å². The monoisotopic (exact) mass is 229 g/mol. The van der Waals surface area contributed by atoms with Crippen LogP contribution in [0.1, 0.15) is 37.3 Å². The number of hydrogen-bond donors (Lipinski definition) is 2. The average molecular weight is 230 g/mol. The van der Waals surface area contributed by atoms with Gasteiger partial charge in [-0.3, -0.25) is 5.10 Å². The SMILES string of the molecule is Nc1n[nH]c(C2CCCC2)c1Br. The maximum atomic E-state index is 5.62. The molecule has 0 atom stereocenters. The van der Waals surface area contributed by atoms with E-state index in [0.29, 0.717) is 11.7 Å². The van der Waals surface area contributed by atoms with E-state index in [1.54, 1.807) is 0 Å². The number of halogens is 1. The van der Waals surface area contributed by atoms with Crippen molar-refractivity contribution >= 4 is 21.7 Å². The van der Waals surface area contributed by atoms with Crippen LogP contribution in [0, 0.1) is 0 Å². The first-order valence-corrected chi connectivity index (χ1v) is 5.07. The molecule has 1 heterocycles. The molecule has 0 bridgehead atoms. The highest BCUT2D eigenvalue weighted by Crippen LogP contribution is 2.37. The Kier molecular flexibility index (Phi) is 2.09. The number of hydrogen-bond acceptors (Lipinski definition) is 2. The maximum Gasteiger partial charge on any atom is 0.159 e. The molecule has 3 N–H and O–H groups in total. The molecule has 2 rings (SSSR count). The Hall–Kier alpha value is -0.510. The fraction of sp³-hybridized carbons (Fsp3) is 0.625. The zero-order valence-corrected chi connectivity index (χ0v) is 8.39. The van der Waals surface area contributed by atoms with E-state index >= 15 is 0 Å². The van der Waals surface area contributed by atoms with Crippen LogP contribution in [0.5, 0.6) is 0 Å². The Labute approximate surface area is 79.9 Å². The van der Waals surface area contributed by atoms with Crippen molar-refractivity contribution in [1.82, 2.24) is 10.2 Å². The maximum absolute atomic E-state index is 5.62. The molecule has 0 radical (unpaired) electrons. The summed E-state index contributed by atoms with van der Waals surface area (Å²) in [6.07, 6.45) is 5.19. The number of nitrogens with one attached hydrogen (secondary N) is 1. The van der Waals surface area contributed by atoms with Gasteiger partial charge in [0.2, 0.25) is 0 Å². The molecule has 0 amide bonds. The second kappa shape index (κ2) is 3.09. The van der Waals surface area contributed by atoms with Gasteiger partial charge in [-0.15, -0.1) is 0 Å². The molecule has 0 aromatic carbocycles. The van der Waals surface area contributed by atoms with Crippen LogP contribution in [0.3, 0.4) is 0 Å². The topological polar surface area (TPSA) is 54.7 Å². The lowest BCUT2D eigenvalue weighted by atomic mass is 10.0. The summed E-state index contributed by atoms with van der Waals surface area (Å²) >= 11 is 3.44. The first-order valence-electron chi connectivity index (χ1n) is 4.28. The molecule has 0 aliphatic heterocycles. The van der Waals surface area contributed by atoms with Gasteiger partial charge in [-0.05, 0) is 28.8 Å². The molecule has 1 aliphatic carbocycles. The van der Waals surface area contributed by atoms with Crippen LogP contribution in [0.2, 0.25) is 0 Å². The fourth-order valence-electron chi connectivity index (χ4n) is 1.84. The minimum absolute atomic E-state index is 0.580. The number of H-pyrrole nitrogens is 1. The van der Waals surface area contributed by atoms with Crippen LogP contribution >= 0.6 is 15.9 Å². The van der Waals surface area contributed by atoms with E-state index in [-0.39, 0.29) is 0 Å². The summed E-state index contributed by atoms with van der Waals surface area (Å²) < 4.78 is 0.967. The first kappa shape index (κ1) is 8.10. The highest BCUT2D eigenvalue weighted by atomic mass is 79.9. The van der Waals surface area contributed by atoms with Gasteiger partial charge in [0.15, 0.2) is 5.82 Å². The molecule has 12 heavy (non-hydrogen) atoms. The molecular formula is C8H12BrN3. The van der Waals surface area contributed by atoms with Crippen molar-refractivity contribution in [2.45, 2.75) is 31.6 Å². The van der Waals surface area contributed by atoms with Crippen LogP contribution in [0.4, 0.5) is 5.82 Å². The molecule has 0 spiro atoms. The molecule has 1 aliphatic rings. The number of nitrogens with two attached hydrogens (primary N) is 1. The largest absolute Gasteiger partial charge is 0.381 e. The zero-order chi connectivity index (χ0) is 8.55. The summed E-state index contributed by atoms with van der Waals surface area (Å²) in [6.45, 7) is 0. The van der Waals surface area contributed by atoms with Gasteiger partial charge in [0.05, 0.1) is 10.2 Å². The van der Waals surface area contributed by atoms with Gasteiger partial charge in [-0.1, -0.05) is 12.8 Å². The van der Waals surface area contributed by atoms with Crippen LogP contribution in [-0.2, 0) is 0 Å². The fourth-order valence-corrected chi connectivity index (χ4v) is 2.34. The van der Waals surface area contributed by atoms with Gasteiger partial charge in [-0.2, -0.15) is 5.10 Å². The minimum Gasteiger partial charge on any atom is -0.381 e. The summed E-state index contributed by atoms with van der Waals surface area (Å²) in [7, 11) is 0. The molecule has 1 saturated carbocycles. The number of anilines is 1. The number of aromatic amines is 1.